The number of nitrogens with zero attached hydrogens (tertiary/aromatic N) is 5. The summed E-state index contributed by atoms with van der Waals surface area (Å²) in [5.41, 5.74) is 2.49. The van der Waals surface area contributed by atoms with E-state index >= 15 is 0 Å². The van der Waals surface area contributed by atoms with Crippen LogP contribution in [0.2, 0.25) is 0 Å². The van der Waals surface area contributed by atoms with Gasteiger partial charge in [0.2, 0.25) is 5.91 Å². The fourth-order valence-corrected chi connectivity index (χ4v) is 5.30. The van der Waals surface area contributed by atoms with Crippen LogP contribution in [0.4, 0.5) is 36.8 Å². The van der Waals surface area contributed by atoms with Gasteiger partial charge < -0.3 is 9.47 Å². The molecule has 0 radical (unpaired) electrons. The number of alkyl halides is 6. The summed E-state index contributed by atoms with van der Waals surface area (Å²) in [6.45, 7) is 3.34. The molecule has 2 heterocycles. The van der Waals surface area contributed by atoms with Crippen molar-refractivity contribution in [2.75, 3.05) is 17.3 Å². The van der Waals surface area contributed by atoms with E-state index in [9.17, 15) is 35.9 Å². The Labute approximate surface area is 268 Å². The molecule has 9 nitrogen and oxygen atoms in total. The third-order valence-electron chi connectivity index (χ3n) is 6.80. The van der Waals surface area contributed by atoms with Gasteiger partial charge in [0.05, 0.1) is 17.1 Å². The van der Waals surface area contributed by atoms with E-state index in [4.69, 9.17) is 4.74 Å². The van der Waals surface area contributed by atoms with Gasteiger partial charge in [0, 0.05) is 5.56 Å². The summed E-state index contributed by atoms with van der Waals surface area (Å²) in [7, 11) is 0. The van der Waals surface area contributed by atoms with Crippen LogP contribution in [0.5, 0.6) is 5.75 Å². The molecule has 5 rings (SSSR count). The number of halogens is 6. The minimum atomic E-state index is -5.87. The number of thioether (sulfide) groups is 1. The van der Waals surface area contributed by atoms with Crippen molar-refractivity contribution in [3.05, 3.63) is 90.3 Å². The summed E-state index contributed by atoms with van der Waals surface area (Å²) >= 11 is 1.08. The van der Waals surface area contributed by atoms with Crippen molar-refractivity contribution < 1.29 is 45.4 Å². The number of aliphatic imine (C=N–C) groups is 1. The zero-order chi connectivity index (χ0) is 33.9. The molecule has 1 unspecified atom stereocenters. The van der Waals surface area contributed by atoms with Crippen molar-refractivity contribution in [1.82, 2.24) is 14.8 Å². The maximum absolute atomic E-state index is 15.0. The van der Waals surface area contributed by atoms with Crippen LogP contribution in [0.1, 0.15) is 37.1 Å². The van der Waals surface area contributed by atoms with Gasteiger partial charge in [-0.25, -0.2) is 18.9 Å². The molecule has 1 fully saturated rings. The molecular formula is C31H25F6N5O4S. The third kappa shape index (κ3) is 7.59. The molecule has 0 aliphatic carbocycles. The minimum absolute atomic E-state index is 0.0951. The van der Waals surface area contributed by atoms with E-state index in [2.05, 4.69) is 19.8 Å². The molecule has 16 heteroatoms. The largest absolute Gasteiger partial charge is 0.499 e. The van der Waals surface area contributed by atoms with Gasteiger partial charge in [-0.1, -0.05) is 68.1 Å². The van der Waals surface area contributed by atoms with Gasteiger partial charge in [0.25, 0.3) is 0 Å². The maximum atomic E-state index is 15.0. The summed E-state index contributed by atoms with van der Waals surface area (Å²) in [4.78, 5) is 34.5. The fraction of sp³-hybridized carbons (Fsp3) is 0.258. The van der Waals surface area contributed by atoms with Crippen LogP contribution < -0.4 is 9.64 Å². The standard InChI is InChI=1S/C31H25F6N5O4S/c1-18(2)23-5-3-4-6-25(23)42-26(43)16-47-28(42)39-29(44)45-15-24(32)19-7-9-20(10-8-19)27-38-17-41(40-27)21-11-13-22(14-12-21)46-31(36,37)30(33,34)35/h3-14,17-18,24H,15-16H2,1-2H3. The molecule has 0 N–H and O–H groups in total. The van der Waals surface area contributed by atoms with Crippen LogP contribution in [-0.2, 0) is 9.53 Å². The van der Waals surface area contributed by atoms with Gasteiger partial charge in [-0.2, -0.15) is 26.9 Å². The molecule has 246 valence electrons. The lowest BCUT2D eigenvalue weighted by atomic mass is 10.0. The van der Waals surface area contributed by atoms with Crippen molar-refractivity contribution in [3.63, 3.8) is 0 Å². The second-order valence-corrected chi connectivity index (χ2v) is 11.4. The molecule has 0 spiro atoms. The Balaban J connectivity index is 1.19. The predicted molar refractivity (Wildman–Crippen MR) is 162 cm³/mol. The van der Waals surface area contributed by atoms with E-state index in [0.29, 0.717) is 16.9 Å². The monoisotopic (exact) mass is 677 g/mol. The van der Waals surface area contributed by atoms with Crippen molar-refractivity contribution in [1.29, 1.82) is 0 Å². The Kier molecular flexibility index (Phi) is 9.60. The van der Waals surface area contributed by atoms with Crippen LogP contribution >= 0.6 is 11.8 Å². The molecule has 47 heavy (non-hydrogen) atoms. The minimum Gasteiger partial charge on any atom is -0.444 e. The zero-order valence-corrected chi connectivity index (χ0v) is 25.4. The van der Waals surface area contributed by atoms with E-state index in [1.807, 2.05) is 26.0 Å². The number of benzene rings is 3. The van der Waals surface area contributed by atoms with Gasteiger partial charge in [0.1, 0.15) is 18.7 Å². The van der Waals surface area contributed by atoms with Crippen LogP contribution in [0.15, 0.2) is 84.1 Å². The van der Waals surface area contributed by atoms with Crippen molar-refractivity contribution in [3.8, 4) is 22.8 Å². The van der Waals surface area contributed by atoms with E-state index in [-0.39, 0.29) is 34.1 Å². The number of anilines is 1. The van der Waals surface area contributed by atoms with Gasteiger partial charge in [-0.15, -0.1) is 5.10 Å². The molecule has 4 aromatic rings. The number of aromatic nitrogens is 3. The SMILES string of the molecule is CC(C)c1ccccc1N1C(=O)CSC1=NC(=O)OCC(F)c1ccc(-c2ncn(-c3ccc(OC(F)(F)C(F)(F)F)cc3)n2)cc1. The van der Waals surface area contributed by atoms with Crippen LogP contribution in [-0.4, -0.2) is 56.6 Å². The van der Waals surface area contributed by atoms with Crippen LogP contribution in [0.25, 0.3) is 17.1 Å². The summed E-state index contributed by atoms with van der Waals surface area (Å²) in [5, 5.41) is 4.40. The predicted octanol–water partition coefficient (Wildman–Crippen LogP) is 7.87. The molecule has 1 atom stereocenters. The van der Waals surface area contributed by atoms with E-state index < -0.39 is 36.9 Å². The van der Waals surface area contributed by atoms with Crippen molar-refractivity contribution in [2.24, 2.45) is 4.99 Å². The lowest BCUT2D eigenvalue weighted by Gasteiger charge is -2.21. The number of hydrogen-bond donors (Lipinski definition) is 0. The molecule has 3 aromatic carbocycles. The molecule has 2 amide bonds. The second kappa shape index (κ2) is 13.5. The zero-order valence-electron chi connectivity index (χ0n) is 24.6. The fourth-order valence-electron chi connectivity index (χ4n) is 4.45. The summed E-state index contributed by atoms with van der Waals surface area (Å²) in [6, 6.07) is 17.6. The smallest absolute Gasteiger partial charge is 0.444 e. The number of carbonyl (C=O) groups excluding carboxylic acids is 2. The average molecular weight is 678 g/mol. The molecule has 1 saturated heterocycles. The van der Waals surface area contributed by atoms with Crippen molar-refractivity contribution in [2.45, 2.75) is 38.2 Å². The van der Waals surface area contributed by atoms with Crippen LogP contribution in [0.3, 0.4) is 0 Å². The molecule has 1 aromatic heterocycles. The maximum Gasteiger partial charge on any atom is 0.499 e. The number of hydrogen-bond acceptors (Lipinski definition) is 7. The van der Waals surface area contributed by atoms with Gasteiger partial charge >= 0.3 is 18.4 Å². The average Bonchev–Trinajstić information content (AvgIpc) is 3.66. The number of amides is 2. The topological polar surface area (TPSA) is 98.9 Å². The molecule has 0 bridgehead atoms. The molecule has 0 saturated carbocycles. The highest BCUT2D eigenvalue weighted by atomic mass is 32.2. The third-order valence-corrected chi connectivity index (χ3v) is 7.73. The number of para-hydroxylation sites is 1. The van der Waals surface area contributed by atoms with Crippen LogP contribution in [0, 0.1) is 0 Å². The molecular weight excluding hydrogens is 652 g/mol. The number of amidine groups is 1. The highest BCUT2D eigenvalue weighted by Crippen LogP contribution is 2.37. The highest BCUT2D eigenvalue weighted by molar-refractivity contribution is 8.15. The molecule has 1 aliphatic rings. The first-order chi connectivity index (χ1) is 22.2. The van der Waals surface area contributed by atoms with E-state index in [1.54, 1.807) is 12.1 Å². The van der Waals surface area contributed by atoms with Gasteiger partial charge in [-0.05, 0) is 47.4 Å². The van der Waals surface area contributed by atoms with Gasteiger partial charge in [-0.3, -0.25) is 9.69 Å². The number of ether oxygens (including phenoxy) is 2. The first-order valence-corrected chi connectivity index (χ1v) is 14.9. The first-order valence-electron chi connectivity index (χ1n) is 13.9. The molecule has 1 aliphatic heterocycles. The Bertz CT molecular complexity index is 1780. The Morgan fingerprint density at radius 2 is 1.68 bits per heavy atom. The number of rotatable bonds is 9. The first kappa shape index (κ1) is 33.5. The second-order valence-electron chi connectivity index (χ2n) is 10.4. The van der Waals surface area contributed by atoms with E-state index in [1.165, 1.54) is 52.3 Å². The Morgan fingerprint density at radius 1 is 1.00 bits per heavy atom. The van der Waals surface area contributed by atoms with Crippen molar-refractivity contribution >= 4 is 34.6 Å². The summed E-state index contributed by atoms with van der Waals surface area (Å²) in [6.07, 6.45) is -12.7. The highest BCUT2D eigenvalue weighted by Gasteiger charge is 2.61. The Hall–Kier alpha value is -4.86. The summed E-state index contributed by atoms with van der Waals surface area (Å²) < 4.78 is 88.5. The summed E-state index contributed by atoms with van der Waals surface area (Å²) in [5.74, 6) is -0.522. The quantitative estimate of drug-likeness (QED) is 0.166. The lowest BCUT2D eigenvalue weighted by Crippen LogP contribution is -2.41. The normalized spacial score (nSPS) is 15.4. The van der Waals surface area contributed by atoms with E-state index in [0.717, 1.165) is 29.5 Å². The lowest BCUT2D eigenvalue weighted by molar-refractivity contribution is -0.360. The number of carbonyl (C=O) groups is 2. The van der Waals surface area contributed by atoms with Gasteiger partial charge in [0.15, 0.2) is 17.2 Å². The Morgan fingerprint density at radius 3 is 2.34 bits per heavy atom.